The van der Waals surface area contributed by atoms with E-state index in [0.717, 1.165) is 0 Å². The van der Waals surface area contributed by atoms with Gasteiger partial charge in [0.25, 0.3) is 0 Å². The van der Waals surface area contributed by atoms with Crippen molar-refractivity contribution < 1.29 is 195 Å². The van der Waals surface area contributed by atoms with Gasteiger partial charge in [-0.25, -0.2) is 0 Å². The van der Waals surface area contributed by atoms with Crippen molar-refractivity contribution in [3.63, 3.8) is 0 Å². The summed E-state index contributed by atoms with van der Waals surface area (Å²) in [4.78, 5) is 0. The molecule has 0 saturated carbocycles. The second kappa shape index (κ2) is 35.3. The van der Waals surface area contributed by atoms with Crippen LogP contribution in [0.15, 0.2) is 0 Å². The maximum atomic E-state index is 9.84. The number of ether oxygens (including phenoxy) is 3. The minimum Gasteiger partial charge on any atom is -0.394 e. The molecule has 0 bridgehead atoms. The Balaban J connectivity index is -0.000000105. The minimum atomic E-state index is -4.67. The van der Waals surface area contributed by atoms with Crippen LogP contribution >= 0.6 is 0 Å². The average Bonchev–Trinajstić information content (AvgIpc) is 2.90. The van der Waals surface area contributed by atoms with E-state index in [2.05, 4.69) is 0 Å². The van der Waals surface area contributed by atoms with Gasteiger partial charge in [0, 0.05) is 51.4 Å². The zero-order valence-corrected chi connectivity index (χ0v) is 39.6. The van der Waals surface area contributed by atoms with Gasteiger partial charge in [0.2, 0.25) is 0 Å². The van der Waals surface area contributed by atoms with Gasteiger partial charge >= 0.3 is 83.2 Å². The fraction of sp³-hybridized carbons (Fsp3) is 1.00. The molecule has 2 heterocycles. The molecule has 2 saturated heterocycles. The van der Waals surface area contributed by atoms with Crippen molar-refractivity contribution in [2.45, 2.75) is 61.4 Å². The average molecular weight is 1170 g/mol. The molecule has 393 valence electrons. The van der Waals surface area contributed by atoms with Crippen molar-refractivity contribution >= 4 is 135 Å². The normalized spacial score (nSPS) is 25.8. The summed E-state index contributed by atoms with van der Waals surface area (Å²) < 4.78 is 268. The summed E-state index contributed by atoms with van der Waals surface area (Å²) in [6.45, 7) is -1.33. The molecule has 24 N–H and O–H groups in total. The maximum Gasteiger partial charge on any atom is 0.394 e. The largest absolute Gasteiger partial charge is 0.394 e. The first-order valence-electron chi connectivity index (χ1n) is 12.7. The number of hydrogen-bond donors (Lipinski definition) is 24. The predicted octanol–water partition coefficient (Wildman–Crippen LogP) is -11.0. The van der Waals surface area contributed by atoms with Gasteiger partial charge in [-0.2, -0.15) is 67.3 Å². The van der Waals surface area contributed by atoms with Crippen LogP contribution in [0.5, 0.6) is 0 Å². The first kappa shape index (κ1) is 81.1. The molecule has 0 spiro atoms. The summed E-state index contributed by atoms with van der Waals surface area (Å²) in [6, 6.07) is 0. The third-order valence-electron chi connectivity index (χ3n) is 3.97. The van der Waals surface area contributed by atoms with E-state index in [-0.39, 0.29) is 51.4 Å². The van der Waals surface area contributed by atoms with Crippen molar-refractivity contribution in [3.8, 4) is 0 Å². The van der Waals surface area contributed by atoms with E-state index in [1.807, 2.05) is 0 Å². The van der Waals surface area contributed by atoms with Crippen LogP contribution in [0, 0.1) is 0 Å². The Bertz CT molecular complexity index is 1670. The number of rotatable bonds is 4. The summed E-state index contributed by atoms with van der Waals surface area (Å²) in [5.41, 5.74) is 0. The molecule has 0 aromatic carbocycles. The second-order valence-electron chi connectivity index (χ2n) is 9.11. The zero-order valence-electron chi connectivity index (χ0n) is 29.9. The molecule has 0 unspecified atom stereocenters. The molecule has 64 heavy (non-hydrogen) atoms. The smallest absolute Gasteiger partial charge is 0.394 e. The van der Waals surface area contributed by atoms with Crippen molar-refractivity contribution in [1.29, 1.82) is 0 Å². The van der Waals surface area contributed by atoms with E-state index >= 15 is 0 Å². The quantitative estimate of drug-likeness (QED) is 0.0918. The predicted molar refractivity (Wildman–Crippen MR) is 188 cm³/mol. The Morgan fingerprint density at radius 2 is 0.422 bits per heavy atom. The van der Waals surface area contributed by atoms with Crippen LogP contribution in [0.2, 0.25) is 0 Å². The minimum absolute atomic E-state index is 0. The second-order valence-corrected chi connectivity index (χ2v) is 16.3. The number of hydrogen-bond acceptors (Lipinski definition) is 27. The topological polar surface area (TPSA) is 786 Å². The summed E-state index contributed by atoms with van der Waals surface area (Å²) in [7, 11) is -37.3. The third-order valence-corrected chi connectivity index (χ3v) is 3.97. The molecule has 1 radical (unpaired) electrons. The number of aliphatic hydroxyl groups is 8. The van der Waals surface area contributed by atoms with Crippen LogP contribution in [0.3, 0.4) is 0 Å². The Morgan fingerprint density at radius 3 is 0.531 bits per heavy atom. The van der Waals surface area contributed by atoms with Crippen LogP contribution < -0.4 is 0 Å². The van der Waals surface area contributed by atoms with Gasteiger partial charge in [-0.05, 0) is 0 Å². The summed E-state index contributed by atoms with van der Waals surface area (Å²) >= 11 is 0. The molecule has 0 amide bonds. The van der Waals surface area contributed by atoms with Gasteiger partial charge < -0.3 is 55.1 Å². The Morgan fingerprint density at radius 1 is 0.297 bits per heavy atom. The van der Waals surface area contributed by atoms with Gasteiger partial charge in [-0.1, -0.05) is 0 Å². The van der Waals surface area contributed by atoms with Crippen LogP contribution in [0.1, 0.15) is 0 Å². The fourth-order valence-corrected chi connectivity index (χ4v) is 2.49. The van der Waals surface area contributed by atoms with Crippen molar-refractivity contribution in [3.05, 3.63) is 0 Å². The van der Waals surface area contributed by atoms with Gasteiger partial charge in [-0.15, -0.1) is 0 Å². The Hall–Kier alpha value is 0.156. The van der Waals surface area contributed by atoms with Crippen LogP contribution in [-0.4, -0.2) is 307 Å². The van der Waals surface area contributed by atoms with Crippen molar-refractivity contribution in [2.75, 3.05) is 13.2 Å². The molecular weight excluding hydrogens is 1130 g/mol. The van der Waals surface area contributed by atoms with E-state index in [9.17, 15) is 30.6 Å². The van der Waals surface area contributed by atoms with Gasteiger partial charge in [0.05, 0.1) is 13.2 Å². The van der Waals surface area contributed by atoms with Crippen LogP contribution in [-0.2, 0) is 97.4 Å². The van der Waals surface area contributed by atoms with E-state index in [4.69, 9.17) is 165 Å². The monoisotopic (exact) mass is 1160 g/mol. The molecule has 0 aromatic heterocycles. The van der Waals surface area contributed by atoms with Gasteiger partial charge in [0.15, 0.2) is 12.6 Å². The molecule has 2 aliphatic heterocycles. The first-order chi connectivity index (χ1) is 26.8. The molecule has 2 fully saturated rings. The molecule has 2 rings (SSSR count). The molecule has 10 atom stereocenters. The van der Waals surface area contributed by atoms with Crippen LogP contribution in [0.25, 0.3) is 0 Å². The standard InChI is InChI=1S/C12H22O11.K.8H2O4S/c13-1-3-5(15)7(17)9(19)11(21-3)23-12-10(20)8(18)6(16)4(2-14)22-12;;8*1-5(2,3)4/h3-20H,1-2H2;;8*(H2,1,2,3,4)/t3-,4-,5-,6-,7+,8+,9-,10-,11-,12-;;;;;;;;;/m1........./s1. The fourth-order valence-electron chi connectivity index (χ4n) is 2.49. The Kier molecular flexibility index (Phi) is 44.7. The first-order valence-corrected chi connectivity index (χ1v) is 23.8. The Labute approximate surface area is 400 Å². The molecular formula is C12H38KO43S8. The van der Waals surface area contributed by atoms with Crippen LogP contribution in [0.4, 0.5) is 0 Å². The molecule has 52 heteroatoms. The van der Waals surface area contributed by atoms with Gasteiger partial charge in [-0.3, -0.25) is 72.8 Å². The summed E-state index contributed by atoms with van der Waals surface area (Å²) in [5, 5.41) is 76.4. The van der Waals surface area contributed by atoms with Crippen molar-refractivity contribution in [1.82, 2.24) is 0 Å². The number of aliphatic hydroxyl groups excluding tert-OH is 8. The third kappa shape index (κ3) is 100. The summed E-state index contributed by atoms with van der Waals surface area (Å²) in [6.07, 6.45) is -15.6. The SMILES string of the molecule is O=S(=O)(O)O.O=S(=O)(O)O.O=S(=O)(O)O.O=S(=O)(O)O.O=S(=O)(O)O.O=S(=O)(O)O.O=S(=O)(O)O.O=S(=O)(O)O.OC[C@H]1O[C@H](O[C@H]2O[C@H](CO)[C@@H](O)[C@H](O)[C@H]2O)[C@H](O)[C@@H](O)[C@@H]1O.[K]. The zero-order chi connectivity index (χ0) is 53.3. The van der Waals surface area contributed by atoms with Crippen molar-refractivity contribution in [2.24, 2.45) is 0 Å². The molecule has 43 nitrogen and oxygen atoms in total. The van der Waals surface area contributed by atoms with E-state index < -0.39 is 158 Å². The van der Waals surface area contributed by atoms with Gasteiger partial charge in [0.1, 0.15) is 48.8 Å². The molecule has 2 aliphatic rings. The van der Waals surface area contributed by atoms with E-state index in [1.165, 1.54) is 0 Å². The van der Waals surface area contributed by atoms with E-state index in [0.29, 0.717) is 0 Å². The van der Waals surface area contributed by atoms with E-state index in [1.54, 1.807) is 0 Å². The molecule has 0 aromatic rings. The maximum absolute atomic E-state index is 9.84. The summed E-state index contributed by atoms with van der Waals surface area (Å²) in [5.74, 6) is 0. The molecule has 0 aliphatic carbocycles.